The van der Waals surface area contributed by atoms with Gasteiger partial charge in [-0.2, -0.15) is 0 Å². The molecule has 11 heavy (non-hydrogen) atoms. The van der Waals surface area contributed by atoms with E-state index in [4.69, 9.17) is 5.11 Å². The summed E-state index contributed by atoms with van der Waals surface area (Å²) >= 11 is 0. The maximum Gasteiger partial charge on any atom is 0.0678 e. The van der Waals surface area contributed by atoms with Crippen LogP contribution in [0.25, 0.3) is 0 Å². The van der Waals surface area contributed by atoms with Crippen LogP contribution in [-0.4, -0.2) is 11.7 Å². The summed E-state index contributed by atoms with van der Waals surface area (Å²) in [6.07, 6.45) is 7.14. The molecule has 1 atom stereocenters. The Bertz CT molecular complexity index is 145. The van der Waals surface area contributed by atoms with Crippen LogP contribution >= 0.6 is 0 Å². The molecule has 0 radical (unpaired) electrons. The van der Waals surface area contributed by atoms with Crippen molar-refractivity contribution in [1.82, 2.24) is 0 Å². The number of aliphatic hydroxyl groups excluding tert-OH is 1. The maximum atomic E-state index is 8.88. The van der Waals surface area contributed by atoms with Gasteiger partial charge in [-0.3, -0.25) is 0 Å². The first-order valence-electron chi connectivity index (χ1n) is 4.18. The van der Waals surface area contributed by atoms with Crippen LogP contribution in [0.1, 0.15) is 27.2 Å². The fourth-order valence-electron chi connectivity index (χ4n) is 0.858. The lowest BCUT2D eigenvalue weighted by molar-refractivity contribution is 0.333. The van der Waals surface area contributed by atoms with Crippen LogP contribution in [0.15, 0.2) is 23.8 Å². The molecule has 0 aliphatic rings. The van der Waals surface area contributed by atoms with Gasteiger partial charge < -0.3 is 5.11 Å². The van der Waals surface area contributed by atoms with E-state index in [0.29, 0.717) is 5.92 Å². The Labute approximate surface area is 69.4 Å². The van der Waals surface area contributed by atoms with Gasteiger partial charge in [-0.1, -0.05) is 38.5 Å². The van der Waals surface area contributed by atoms with Crippen molar-refractivity contribution < 1.29 is 5.11 Å². The summed E-state index contributed by atoms with van der Waals surface area (Å²) in [5.41, 5.74) is 1.02. The summed E-state index contributed by atoms with van der Waals surface area (Å²) in [4.78, 5) is 0. The third kappa shape index (κ3) is 4.79. The number of hydrogen-bond donors (Lipinski definition) is 1. The molecule has 0 saturated carbocycles. The highest BCUT2D eigenvalue weighted by molar-refractivity contribution is 5.19. The Kier molecular flexibility index (Phi) is 5.86. The molecular weight excluding hydrogens is 136 g/mol. The van der Waals surface area contributed by atoms with Gasteiger partial charge in [-0.15, -0.1) is 0 Å². The SMILES string of the molecule is C/C=C\C(=C/[C@H](C)CC)CO. The van der Waals surface area contributed by atoms with Crippen LogP contribution in [-0.2, 0) is 0 Å². The van der Waals surface area contributed by atoms with Gasteiger partial charge in [0.05, 0.1) is 6.61 Å². The van der Waals surface area contributed by atoms with Gasteiger partial charge in [-0.25, -0.2) is 0 Å². The highest BCUT2D eigenvalue weighted by Crippen LogP contribution is 2.07. The number of rotatable bonds is 4. The van der Waals surface area contributed by atoms with Crippen LogP contribution in [0.2, 0.25) is 0 Å². The van der Waals surface area contributed by atoms with Crippen molar-refractivity contribution in [3.05, 3.63) is 23.8 Å². The molecule has 64 valence electrons. The van der Waals surface area contributed by atoms with E-state index in [1.54, 1.807) is 0 Å². The van der Waals surface area contributed by atoms with Crippen molar-refractivity contribution >= 4 is 0 Å². The third-order valence-electron chi connectivity index (χ3n) is 1.71. The van der Waals surface area contributed by atoms with Gasteiger partial charge in [0, 0.05) is 0 Å². The second-order valence-corrected chi connectivity index (χ2v) is 2.79. The second-order valence-electron chi connectivity index (χ2n) is 2.79. The van der Waals surface area contributed by atoms with E-state index in [2.05, 4.69) is 19.9 Å². The van der Waals surface area contributed by atoms with E-state index in [1.807, 2.05) is 19.1 Å². The first kappa shape index (κ1) is 10.4. The van der Waals surface area contributed by atoms with E-state index >= 15 is 0 Å². The van der Waals surface area contributed by atoms with Crippen LogP contribution < -0.4 is 0 Å². The molecule has 0 aromatic heterocycles. The molecule has 0 aliphatic carbocycles. The van der Waals surface area contributed by atoms with Gasteiger partial charge in [0.2, 0.25) is 0 Å². The fraction of sp³-hybridized carbons (Fsp3) is 0.600. The Morgan fingerprint density at radius 3 is 2.55 bits per heavy atom. The van der Waals surface area contributed by atoms with Gasteiger partial charge in [-0.05, 0) is 18.4 Å². The maximum absolute atomic E-state index is 8.88. The van der Waals surface area contributed by atoms with Crippen LogP contribution in [0, 0.1) is 5.92 Å². The van der Waals surface area contributed by atoms with Crippen molar-refractivity contribution in [2.45, 2.75) is 27.2 Å². The van der Waals surface area contributed by atoms with Crippen molar-refractivity contribution in [2.75, 3.05) is 6.61 Å². The monoisotopic (exact) mass is 154 g/mol. The first-order chi connectivity index (χ1) is 5.24. The molecule has 0 rings (SSSR count). The summed E-state index contributed by atoms with van der Waals surface area (Å²) in [6.45, 7) is 6.40. The molecule has 0 fully saturated rings. The zero-order chi connectivity index (χ0) is 8.69. The Balaban J connectivity index is 4.10. The van der Waals surface area contributed by atoms with Gasteiger partial charge in [0.25, 0.3) is 0 Å². The van der Waals surface area contributed by atoms with E-state index in [9.17, 15) is 0 Å². The molecule has 0 bridgehead atoms. The van der Waals surface area contributed by atoms with Gasteiger partial charge >= 0.3 is 0 Å². The Hall–Kier alpha value is -0.560. The number of aliphatic hydroxyl groups is 1. The Morgan fingerprint density at radius 2 is 2.18 bits per heavy atom. The normalized spacial score (nSPS) is 15.8. The highest BCUT2D eigenvalue weighted by atomic mass is 16.3. The summed E-state index contributed by atoms with van der Waals surface area (Å²) < 4.78 is 0. The summed E-state index contributed by atoms with van der Waals surface area (Å²) in [5, 5.41) is 8.88. The minimum Gasteiger partial charge on any atom is -0.392 e. The quantitative estimate of drug-likeness (QED) is 0.617. The molecule has 0 heterocycles. The first-order valence-corrected chi connectivity index (χ1v) is 4.18. The molecule has 0 unspecified atom stereocenters. The zero-order valence-electron chi connectivity index (χ0n) is 7.67. The van der Waals surface area contributed by atoms with Crippen molar-refractivity contribution in [1.29, 1.82) is 0 Å². The van der Waals surface area contributed by atoms with E-state index < -0.39 is 0 Å². The second kappa shape index (κ2) is 6.17. The number of hydrogen-bond acceptors (Lipinski definition) is 1. The van der Waals surface area contributed by atoms with Gasteiger partial charge in [0.15, 0.2) is 0 Å². The fourth-order valence-corrected chi connectivity index (χ4v) is 0.858. The summed E-state index contributed by atoms with van der Waals surface area (Å²) in [7, 11) is 0. The van der Waals surface area contributed by atoms with E-state index in [1.165, 1.54) is 0 Å². The minimum atomic E-state index is 0.147. The molecule has 1 nitrogen and oxygen atoms in total. The average molecular weight is 154 g/mol. The van der Waals surface area contributed by atoms with Crippen molar-refractivity contribution in [3.63, 3.8) is 0 Å². The largest absolute Gasteiger partial charge is 0.392 e. The molecule has 0 aromatic carbocycles. The van der Waals surface area contributed by atoms with Gasteiger partial charge in [0.1, 0.15) is 0 Å². The lowest BCUT2D eigenvalue weighted by Gasteiger charge is -2.02. The van der Waals surface area contributed by atoms with Crippen LogP contribution in [0.4, 0.5) is 0 Å². The molecule has 0 aromatic rings. The summed E-state index contributed by atoms with van der Waals surface area (Å²) in [6, 6.07) is 0. The molecular formula is C10H18O. The third-order valence-corrected chi connectivity index (χ3v) is 1.71. The summed E-state index contributed by atoms with van der Waals surface area (Å²) in [5.74, 6) is 0.563. The van der Waals surface area contributed by atoms with Crippen LogP contribution in [0.5, 0.6) is 0 Å². The molecule has 1 N–H and O–H groups in total. The van der Waals surface area contributed by atoms with Crippen molar-refractivity contribution in [2.24, 2.45) is 5.92 Å². The predicted molar refractivity (Wildman–Crippen MR) is 49.4 cm³/mol. The number of allylic oxidation sites excluding steroid dienone is 2. The zero-order valence-corrected chi connectivity index (χ0v) is 7.67. The minimum absolute atomic E-state index is 0.147. The van der Waals surface area contributed by atoms with E-state index in [0.717, 1.165) is 12.0 Å². The predicted octanol–water partition coefficient (Wildman–Crippen LogP) is 2.53. The smallest absolute Gasteiger partial charge is 0.0678 e. The highest BCUT2D eigenvalue weighted by Gasteiger charge is 1.94. The molecule has 0 amide bonds. The van der Waals surface area contributed by atoms with Crippen molar-refractivity contribution in [3.8, 4) is 0 Å². The molecule has 0 saturated heterocycles. The van der Waals surface area contributed by atoms with Crippen LogP contribution in [0.3, 0.4) is 0 Å². The molecule has 0 aliphatic heterocycles. The van der Waals surface area contributed by atoms with E-state index in [-0.39, 0.29) is 6.61 Å². The molecule has 1 heteroatoms. The lowest BCUT2D eigenvalue weighted by atomic mass is 10.1. The standard InChI is InChI=1S/C10H18O/c1-4-6-10(8-11)7-9(3)5-2/h4,6-7,9,11H,5,8H2,1-3H3/b6-4-,10-7+/t9-/m1/s1. The topological polar surface area (TPSA) is 20.2 Å². The molecule has 0 spiro atoms. The Morgan fingerprint density at radius 1 is 1.55 bits per heavy atom. The lowest BCUT2D eigenvalue weighted by Crippen LogP contribution is -1.92. The average Bonchev–Trinajstić information content (AvgIpc) is 2.03.